The fourth-order valence-electron chi connectivity index (χ4n) is 2.59. The standard InChI is InChI=1S/C17H19Cl2F3N4O/c1-16(3-4-16)9-26(5-2-10-12(18)7-25-8-13(10)19)15(27)11(6-23)14(24)17(20,21)22/h6-8,23H,2-5,9,24H2,1H3/b14-11+,23-6?. The number of pyridine rings is 1. The lowest BCUT2D eigenvalue weighted by molar-refractivity contribution is -0.128. The van der Waals surface area contributed by atoms with E-state index < -0.39 is 23.4 Å². The van der Waals surface area contributed by atoms with E-state index in [0.717, 1.165) is 12.8 Å². The monoisotopic (exact) mass is 422 g/mol. The quantitative estimate of drug-likeness (QED) is 0.514. The van der Waals surface area contributed by atoms with Gasteiger partial charge in [0.15, 0.2) is 0 Å². The number of nitrogens with two attached hydrogens (primary N) is 1. The van der Waals surface area contributed by atoms with E-state index in [0.29, 0.717) is 21.8 Å². The van der Waals surface area contributed by atoms with Gasteiger partial charge in [0.05, 0.1) is 15.6 Å². The van der Waals surface area contributed by atoms with Crippen molar-refractivity contribution in [1.82, 2.24) is 9.88 Å². The number of allylic oxidation sites excluding steroid dienone is 1. The summed E-state index contributed by atoms with van der Waals surface area (Å²) in [5.74, 6) is -0.936. The molecule has 3 N–H and O–H groups in total. The van der Waals surface area contributed by atoms with Gasteiger partial charge in [0.25, 0.3) is 5.91 Å². The third kappa shape index (κ3) is 5.35. The van der Waals surface area contributed by atoms with Gasteiger partial charge in [0, 0.05) is 31.7 Å². The van der Waals surface area contributed by atoms with Crippen molar-refractivity contribution in [1.29, 1.82) is 5.41 Å². The van der Waals surface area contributed by atoms with Crippen LogP contribution in [0.3, 0.4) is 0 Å². The van der Waals surface area contributed by atoms with Crippen molar-refractivity contribution in [2.45, 2.75) is 32.4 Å². The number of hydrogen-bond acceptors (Lipinski definition) is 4. The molecule has 1 aromatic rings. The number of nitrogens with zero attached hydrogens (tertiary/aromatic N) is 2. The number of carbonyl (C=O) groups is 1. The van der Waals surface area contributed by atoms with Gasteiger partial charge < -0.3 is 16.0 Å². The summed E-state index contributed by atoms with van der Waals surface area (Å²) < 4.78 is 38.8. The molecular weight excluding hydrogens is 404 g/mol. The number of rotatable bonds is 7. The number of amides is 1. The molecule has 0 aliphatic heterocycles. The molecule has 1 fully saturated rings. The van der Waals surface area contributed by atoms with E-state index >= 15 is 0 Å². The summed E-state index contributed by atoms with van der Waals surface area (Å²) >= 11 is 12.1. The molecule has 0 bridgehead atoms. The Morgan fingerprint density at radius 1 is 1.37 bits per heavy atom. The molecule has 1 aromatic heterocycles. The van der Waals surface area contributed by atoms with E-state index in [1.165, 1.54) is 17.3 Å². The molecule has 1 saturated carbocycles. The Bertz CT molecular complexity index is 756. The zero-order valence-corrected chi connectivity index (χ0v) is 16.0. The molecule has 5 nitrogen and oxygen atoms in total. The second-order valence-electron chi connectivity index (χ2n) is 6.84. The van der Waals surface area contributed by atoms with E-state index in [2.05, 4.69) is 4.98 Å². The van der Waals surface area contributed by atoms with Crippen LogP contribution in [0.25, 0.3) is 0 Å². The molecule has 0 aromatic carbocycles. The highest BCUT2D eigenvalue weighted by molar-refractivity contribution is 6.35. The Kier molecular flexibility index (Phi) is 6.42. The average molecular weight is 423 g/mol. The zero-order chi connectivity index (χ0) is 20.4. The van der Waals surface area contributed by atoms with Gasteiger partial charge >= 0.3 is 6.18 Å². The first kappa shape index (κ1) is 21.5. The van der Waals surface area contributed by atoms with Crippen molar-refractivity contribution in [3.05, 3.63) is 39.3 Å². The smallest absolute Gasteiger partial charge is 0.394 e. The SMILES string of the molecule is CC1(CN(CCc2c(Cl)cncc2Cl)C(=O)/C(C=N)=C(/N)C(F)(F)F)CC1. The van der Waals surface area contributed by atoms with Gasteiger partial charge in [-0.15, -0.1) is 0 Å². The fourth-order valence-corrected chi connectivity index (χ4v) is 3.14. The van der Waals surface area contributed by atoms with Gasteiger partial charge in [0.2, 0.25) is 0 Å². The number of halogens is 5. The van der Waals surface area contributed by atoms with E-state index in [1.807, 2.05) is 6.92 Å². The number of carbonyl (C=O) groups excluding carboxylic acids is 1. The number of alkyl halides is 3. The maximum atomic E-state index is 12.9. The number of hydrogen-bond donors (Lipinski definition) is 2. The second-order valence-corrected chi connectivity index (χ2v) is 7.65. The van der Waals surface area contributed by atoms with Crippen LogP contribution in [0, 0.1) is 10.8 Å². The van der Waals surface area contributed by atoms with Gasteiger partial charge in [-0.05, 0) is 30.2 Å². The topological polar surface area (TPSA) is 83.1 Å². The maximum absolute atomic E-state index is 12.9. The summed E-state index contributed by atoms with van der Waals surface area (Å²) in [6.07, 6.45) is 0.232. The van der Waals surface area contributed by atoms with Crippen molar-refractivity contribution in [3.8, 4) is 0 Å². The van der Waals surface area contributed by atoms with Gasteiger partial charge in [-0.25, -0.2) is 0 Å². The van der Waals surface area contributed by atoms with E-state index in [1.54, 1.807) is 0 Å². The Morgan fingerprint density at radius 2 is 1.93 bits per heavy atom. The van der Waals surface area contributed by atoms with Crippen LogP contribution in [0.15, 0.2) is 23.7 Å². The lowest BCUT2D eigenvalue weighted by atomic mass is 10.1. The average Bonchev–Trinajstić information content (AvgIpc) is 3.30. The molecule has 0 unspecified atom stereocenters. The Labute approximate surface area is 164 Å². The Balaban J connectivity index is 2.28. The first-order chi connectivity index (χ1) is 12.5. The summed E-state index contributed by atoms with van der Waals surface area (Å²) in [7, 11) is 0. The molecule has 0 radical (unpaired) electrons. The van der Waals surface area contributed by atoms with Crippen molar-refractivity contribution in [2.24, 2.45) is 11.1 Å². The van der Waals surface area contributed by atoms with Crippen LogP contribution in [0.4, 0.5) is 13.2 Å². The number of nitrogens with one attached hydrogen (secondary N) is 1. The Hall–Kier alpha value is -1.80. The van der Waals surface area contributed by atoms with E-state index in [-0.39, 0.29) is 24.9 Å². The summed E-state index contributed by atoms with van der Waals surface area (Å²) in [4.78, 5) is 17.8. The van der Waals surface area contributed by atoms with Crippen LogP contribution in [-0.4, -0.2) is 41.3 Å². The molecule has 1 aliphatic rings. The first-order valence-corrected chi connectivity index (χ1v) is 8.89. The largest absolute Gasteiger partial charge is 0.431 e. The highest BCUT2D eigenvalue weighted by Crippen LogP contribution is 2.45. The Morgan fingerprint density at radius 3 is 2.37 bits per heavy atom. The van der Waals surface area contributed by atoms with Gasteiger partial charge in [-0.2, -0.15) is 13.2 Å². The normalized spacial score (nSPS) is 16.5. The van der Waals surface area contributed by atoms with Crippen LogP contribution in [-0.2, 0) is 11.2 Å². The molecule has 1 amide bonds. The molecule has 0 atom stereocenters. The van der Waals surface area contributed by atoms with Crippen LogP contribution in [0.2, 0.25) is 10.0 Å². The summed E-state index contributed by atoms with van der Waals surface area (Å²) in [5.41, 5.74) is 3.03. The molecule has 148 valence electrons. The second kappa shape index (κ2) is 8.06. The predicted octanol–water partition coefficient (Wildman–Crippen LogP) is 3.98. The third-order valence-electron chi connectivity index (χ3n) is 4.52. The first-order valence-electron chi connectivity index (χ1n) is 8.13. The molecule has 0 saturated heterocycles. The lowest BCUT2D eigenvalue weighted by Crippen LogP contribution is -2.40. The van der Waals surface area contributed by atoms with Gasteiger partial charge in [-0.1, -0.05) is 30.1 Å². The number of aromatic nitrogens is 1. The molecule has 0 spiro atoms. The van der Waals surface area contributed by atoms with E-state index in [4.69, 9.17) is 34.3 Å². The van der Waals surface area contributed by atoms with Gasteiger partial charge in [-0.3, -0.25) is 9.78 Å². The summed E-state index contributed by atoms with van der Waals surface area (Å²) in [5, 5.41) is 7.87. The van der Waals surface area contributed by atoms with Crippen LogP contribution in [0.1, 0.15) is 25.3 Å². The van der Waals surface area contributed by atoms with E-state index in [9.17, 15) is 18.0 Å². The third-order valence-corrected chi connectivity index (χ3v) is 5.17. The van der Waals surface area contributed by atoms with Crippen LogP contribution < -0.4 is 5.73 Å². The lowest BCUT2D eigenvalue weighted by Gasteiger charge is -2.27. The molecule has 2 rings (SSSR count). The zero-order valence-electron chi connectivity index (χ0n) is 14.5. The molecule has 27 heavy (non-hydrogen) atoms. The minimum absolute atomic E-state index is 0.0837. The van der Waals surface area contributed by atoms with Crippen molar-refractivity contribution in [3.63, 3.8) is 0 Å². The molecule has 10 heteroatoms. The van der Waals surface area contributed by atoms with Crippen molar-refractivity contribution < 1.29 is 18.0 Å². The van der Waals surface area contributed by atoms with Crippen molar-refractivity contribution in [2.75, 3.05) is 13.1 Å². The molecule has 1 aliphatic carbocycles. The van der Waals surface area contributed by atoms with Crippen LogP contribution in [0.5, 0.6) is 0 Å². The predicted molar refractivity (Wildman–Crippen MR) is 97.9 cm³/mol. The fraction of sp³-hybridized carbons (Fsp3) is 0.471. The summed E-state index contributed by atoms with van der Waals surface area (Å²) in [6.45, 7) is 2.29. The van der Waals surface area contributed by atoms with Crippen molar-refractivity contribution >= 4 is 35.3 Å². The highest BCUT2D eigenvalue weighted by atomic mass is 35.5. The molecule has 1 heterocycles. The minimum Gasteiger partial charge on any atom is -0.394 e. The highest BCUT2D eigenvalue weighted by Gasteiger charge is 2.42. The van der Waals surface area contributed by atoms with Gasteiger partial charge in [0.1, 0.15) is 5.70 Å². The minimum atomic E-state index is -4.89. The maximum Gasteiger partial charge on any atom is 0.431 e. The molecular formula is C17H19Cl2F3N4O. The van der Waals surface area contributed by atoms with Crippen LogP contribution >= 0.6 is 23.2 Å². The summed E-state index contributed by atoms with van der Waals surface area (Å²) in [6, 6.07) is 0.